The molecule has 0 unspecified atom stereocenters. The lowest BCUT2D eigenvalue weighted by atomic mass is 10.2. The summed E-state index contributed by atoms with van der Waals surface area (Å²) in [5.41, 5.74) is 1.40. The Balaban J connectivity index is 1.73. The van der Waals surface area contributed by atoms with Crippen molar-refractivity contribution in [3.63, 3.8) is 0 Å². The van der Waals surface area contributed by atoms with Crippen LogP contribution >= 0.6 is 39.0 Å². The largest absolute Gasteiger partial charge is 0.316 e. The number of nitriles is 1. The predicted molar refractivity (Wildman–Crippen MR) is 112 cm³/mol. The summed E-state index contributed by atoms with van der Waals surface area (Å²) in [5, 5.41) is 23.2. The Labute approximate surface area is 173 Å². The van der Waals surface area contributed by atoms with Crippen LogP contribution in [-0.2, 0) is 11.3 Å². The van der Waals surface area contributed by atoms with E-state index in [1.165, 1.54) is 23.1 Å². The Morgan fingerprint density at radius 3 is 2.85 bits per heavy atom. The first-order chi connectivity index (χ1) is 13.1. The maximum Gasteiger partial charge on any atom is 0.235 e. The maximum atomic E-state index is 12.2. The van der Waals surface area contributed by atoms with Gasteiger partial charge in [-0.05, 0) is 23.6 Å². The second kappa shape index (κ2) is 8.99. The van der Waals surface area contributed by atoms with E-state index in [2.05, 4.69) is 44.1 Å². The highest BCUT2D eigenvalue weighted by molar-refractivity contribution is 9.10. The van der Waals surface area contributed by atoms with Gasteiger partial charge in [0.1, 0.15) is 11.1 Å². The molecule has 27 heavy (non-hydrogen) atoms. The van der Waals surface area contributed by atoms with Gasteiger partial charge in [-0.15, -0.1) is 28.1 Å². The van der Waals surface area contributed by atoms with Gasteiger partial charge >= 0.3 is 0 Å². The van der Waals surface area contributed by atoms with Crippen LogP contribution in [0, 0.1) is 11.3 Å². The van der Waals surface area contributed by atoms with E-state index in [0.29, 0.717) is 22.3 Å². The van der Waals surface area contributed by atoms with E-state index < -0.39 is 0 Å². The number of hydrogen-bond acceptors (Lipinski definition) is 6. The fourth-order valence-corrected chi connectivity index (χ4v) is 4.05. The Bertz CT molecular complexity index is 1000. The predicted octanol–water partition coefficient (Wildman–Crippen LogP) is 4.56. The number of thioether (sulfide) groups is 1. The molecule has 1 N–H and O–H groups in total. The van der Waals surface area contributed by atoms with Gasteiger partial charge in [0, 0.05) is 16.6 Å². The molecule has 0 saturated carbocycles. The Morgan fingerprint density at radius 1 is 1.37 bits per heavy atom. The average Bonchev–Trinajstić information content (AvgIpc) is 3.28. The van der Waals surface area contributed by atoms with Crippen molar-refractivity contribution >= 4 is 49.9 Å². The van der Waals surface area contributed by atoms with Crippen molar-refractivity contribution in [2.45, 2.75) is 11.7 Å². The van der Waals surface area contributed by atoms with Gasteiger partial charge in [0.15, 0.2) is 11.0 Å². The second-order valence-corrected chi connectivity index (χ2v) is 8.10. The molecule has 0 radical (unpaired) electrons. The number of carbonyl (C=O) groups excluding carboxylic acids is 1. The molecule has 0 spiro atoms. The SMILES string of the molecule is C=CCn1c(SCC(=O)Nc2sccc2C#N)nnc1-c1ccc(Br)cc1. The molecule has 0 aliphatic rings. The molecule has 0 saturated heterocycles. The highest BCUT2D eigenvalue weighted by Gasteiger charge is 2.16. The zero-order valence-electron chi connectivity index (χ0n) is 14.1. The number of amides is 1. The van der Waals surface area contributed by atoms with Gasteiger partial charge < -0.3 is 5.32 Å². The summed E-state index contributed by atoms with van der Waals surface area (Å²) in [6.45, 7) is 4.32. The third-order valence-electron chi connectivity index (χ3n) is 3.50. The van der Waals surface area contributed by atoms with E-state index in [9.17, 15) is 4.79 Å². The monoisotopic (exact) mass is 459 g/mol. The van der Waals surface area contributed by atoms with Crippen molar-refractivity contribution in [1.29, 1.82) is 5.26 Å². The Hall–Kier alpha value is -2.41. The molecular weight excluding hydrogens is 446 g/mol. The molecule has 6 nitrogen and oxygen atoms in total. The topological polar surface area (TPSA) is 83.6 Å². The number of halogens is 1. The smallest absolute Gasteiger partial charge is 0.235 e. The lowest BCUT2D eigenvalue weighted by molar-refractivity contribution is -0.113. The molecule has 9 heteroatoms. The summed E-state index contributed by atoms with van der Waals surface area (Å²) in [7, 11) is 0. The van der Waals surface area contributed by atoms with Crippen molar-refractivity contribution in [3.05, 3.63) is 58.4 Å². The van der Waals surface area contributed by atoms with Gasteiger partial charge in [-0.2, -0.15) is 5.26 Å². The first-order valence-electron chi connectivity index (χ1n) is 7.82. The van der Waals surface area contributed by atoms with E-state index in [-0.39, 0.29) is 11.7 Å². The van der Waals surface area contributed by atoms with Crippen molar-refractivity contribution in [2.24, 2.45) is 0 Å². The van der Waals surface area contributed by atoms with Crippen LogP contribution in [0.5, 0.6) is 0 Å². The summed E-state index contributed by atoms with van der Waals surface area (Å²) in [6, 6.07) is 11.5. The molecule has 3 aromatic rings. The number of carbonyl (C=O) groups is 1. The van der Waals surface area contributed by atoms with Gasteiger partial charge in [-0.1, -0.05) is 45.9 Å². The first-order valence-corrected chi connectivity index (χ1v) is 10.5. The van der Waals surface area contributed by atoms with Crippen LogP contribution in [0.25, 0.3) is 11.4 Å². The number of nitrogens with zero attached hydrogens (tertiary/aromatic N) is 4. The molecule has 0 fully saturated rings. The van der Waals surface area contributed by atoms with E-state index >= 15 is 0 Å². The van der Waals surface area contributed by atoms with Gasteiger partial charge in [0.05, 0.1) is 11.3 Å². The van der Waals surface area contributed by atoms with E-state index in [0.717, 1.165) is 15.9 Å². The number of allylic oxidation sites excluding steroid dienone is 1. The van der Waals surface area contributed by atoms with E-state index in [4.69, 9.17) is 5.26 Å². The number of aromatic nitrogens is 3. The zero-order valence-corrected chi connectivity index (χ0v) is 17.3. The molecule has 1 aromatic carbocycles. The Morgan fingerprint density at radius 2 is 2.15 bits per heavy atom. The molecule has 2 aromatic heterocycles. The van der Waals surface area contributed by atoms with Crippen LogP contribution in [0.15, 0.2) is 58.0 Å². The number of thiophene rings is 1. The zero-order chi connectivity index (χ0) is 19.2. The van der Waals surface area contributed by atoms with Gasteiger partial charge in [0.2, 0.25) is 5.91 Å². The van der Waals surface area contributed by atoms with Crippen molar-refractivity contribution in [1.82, 2.24) is 14.8 Å². The molecule has 3 rings (SSSR count). The van der Waals surface area contributed by atoms with Crippen LogP contribution in [0.4, 0.5) is 5.00 Å². The number of rotatable bonds is 7. The van der Waals surface area contributed by atoms with E-state index in [1.54, 1.807) is 17.5 Å². The number of hydrogen-bond donors (Lipinski definition) is 1. The first kappa shape index (κ1) is 19.4. The van der Waals surface area contributed by atoms with Crippen LogP contribution in [0.2, 0.25) is 0 Å². The summed E-state index contributed by atoms with van der Waals surface area (Å²) < 4.78 is 2.90. The lowest BCUT2D eigenvalue weighted by Crippen LogP contribution is -2.14. The van der Waals surface area contributed by atoms with Crippen molar-refractivity contribution in [3.8, 4) is 17.5 Å². The number of anilines is 1. The molecular formula is C18H14BrN5OS2. The molecule has 0 aliphatic heterocycles. The van der Waals surface area contributed by atoms with Gasteiger partial charge in [-0.25, -0.2) is 0 Å². The van der Waals surface area contributed by atoms with Crippen LogP contribution < -0.4 is 5.32 Å². The summed E-state index contributed by atoms with van der Waals surface area (Å²) in [5.74, 6) is 0.686. The molecule has 1 amide bonds. The summed E-state index contributed by atoms with van der Waals surface area (Å²) >= 11 is 6.04. The minimum Gasteiger partial charge on any atom is -0.316 e. The lowest BCUT2D eigenvalue weighted by Gasteiger charge is -2.08. The van der Waals surface area contributed by atoms with Crippen LogP contribution in [0.3, 0.4) is 0 Å². The van der Waals surface area contributed by atoms with Gasteiger partial charge in [-0.3, -0.25) is 9.36 Å². The maximum absolute atomic E-state index is 12.2. The van der Waals surface area contributed by atoms with Crippen LogP contribution in [-0.4, -0.2) is 26.4 Å². The molecule has 2 heterocycles. The molecule has 136 valence electrons. The van der Waals surface area contributed by atoms with Crippen LogP contribution in [0.1, 0.15) is 5.56 Å². The molecule has 0 bridgehead atoms. The Kier molecular flexibility index (Phi) is 6.45. The fourth-order valence-electron chi connectivity index (χ4n) is 2.29. The quantitative estimate of drug-likeness (QED) is 0.413. The minimum absolute atomic E-state index is 0.165. The highest BCUT2D eigenvalue weighted by Crippen LogP contribution is 2.26. The third kappa shape index (κ3) is 4.66. The number of benzene rings is 1. The third-order valence-corrected chi connectivity index (χ3v) is 5.83. The van der Waals surface area contributed by atoms with Gasteiger partial charge in [0.25, 0.3) is 0 Å². The average molecular weight is 460 g/mol. The normalized spacial score (nSPS) is 10.4. The van der Waals surface area contributed by atoms with E-state index in [1.807, 2.05) is 28.8 Å². The fraction of sp³-hybridized carbons (Fsp3) is 0.111. The second-order valence-electron chi connectivity index (χ2n) is 5.32. The number of nitrogens with one attached hydrogen (secondary N) is 1. The molecule has 0 aliphatic carbocycles. The summed E-state index contributed by atoms with van der Waals surface area (Å²) in [6.07, 6.45) is 1.76. The summed E-state index contributed by atoms with van der Waals surface area (Å²) in [4.78, 5) is 12.2. The minimum atomic E-state index is -0.197. The van der Waals surface area contributed by atoms with Crippen molar-refractivity contribution < 1.29 is 4.79 Å². The van der Waals surface area contributed by atoms with Crippen molar-refractivity contribution in [2.75, 3.05) is 11.1 Å². The highest BCUT2D eigenvalue weighted by atomic mass is 79.9. The standard InChI is InChI=1S/C18H14BrN5OS2/c1-2-8-24-16(12-3-5-14(19)6-4-12)22-23-18(24)27-11-15(25)21-17-13(10-20)7-9-26-17/h2-7,9H,1,8,11H2,(H,21,25). The molecule has 0 atom stereocenters.